The molecular weight excluding hydrogens is 258 g/mol. The number of nitrogens with one attached hydrogen (secondary N) is 2. The second-order valence-electron chi connectivity index (χ2n) is 5.30. The van der Waals surface area contributed by atoms with Crippen LogP contribution in [-0.2, 0) is 19.4 Å². The average molecular weight is 279 g/mol. The summed E-state index contributed by atoms with van der Waals surface area (Å²) in [4.78, 5) is 7.94. The van der Waals surface area contributed by atoms with E-state index in [-0.39, 0.29) is 0 Å². The maximum atomic E-state index is 4.58. The zero-order valence-electron chi connectivity index (χ0n) is 12.4. The van der Waals surface area contributed by atoms with Gasteiger partial charge in [0.1, 0.15) is 5.82 Å². The minimum absolute atomic E-state index is 0.907. The van der Waals surface area contributed by atoms with E-state index in [9.17, 15) is 0 Å². The molecule has 3 aromatic rings. The Labute approximate surface area is 125 Å². The van der Waals surface area contributed by atoms with Crippen LogP contribution >= 0.6 is 0 Å². The van der Waals surface area contributed by atoms with Gasteiger partial charge in [-0.25, -0.2) is 4.98 Å². The van der Waals surface area contributed by atoms with Gasteiger partial charge in [0.05, 0.1) is 11.0 Å². The first-order chi connectivity index (χ1) is 10.3. The molecule has 0 saturated carbocycles. The predicted molar refractivity (Wildman–Crippen MR) is 87.3 cm³/mol. The van der Waals surface area contributed by atoms with Crippen LogP contribution in [0.2, 0.25) is 0 Å². The SMILES string of the molecule is CCc1ccc(CNCCc2nc3ccccc3[nH]2)cc1. The van der Waals surface area contributed by atoms with Gasteiger partial charge in [0.25, 0.3) is 0 Å². The molecule has 0 bridgehead atoms. The van der Waals surface area contributed by atoms with E-state index < -0.39 is 0 Å². The van der Waals surface area contributed by atoms with Crippen molar-refractivity contribution in [2.24, 2.45) is 0 Å². The van der Waals surface area contributed by atoms with Crippen molar-refractivity contribution in [3.63, 3.8) is 0 Å². The summed E-state index contributed by atoms with van der Waals surface area (Å²) in [7, 11) is 0. The van der Waals surface area contributed by atoms with Crippen molar-refractivity contribution in [3.8, 4) is 0 Å². The monoisotopic (exact) mass is 279 g/mol. The Hall–Kier alpha value is -2.13. The fourth-order valence-electron chi connectivity index (χ4n) is 2.46. The maximum absolute atomic E-state index is 4.58. The third kappa shape index (κ3) is 3.50. The smallest absolute Gasteiger partial charge is 0.108 e. The van der Waals surface area contributed by atoms with Gasteiger partial charge < -0.3 is 10.3 Å². The molecule has 0 aliphatic rings. The van der Waals surface area contributed by atoms with E-state index in [1.54, 1.807) is 0 Å². The molecule has 2 aromatic carbocycles. The first kappa shape index (κ1) is 13.8. The molecule has 3 nitrogen and oxygen atoms in total. The fourth-order valence-corrected chi connectivity index (χ4v) is 2.46. The highest BCUT2D eigenvalue weighted by Crippen LogP contribution is 2.10. The van der Waals surface area contributed by atoms with E-state index in [4.69, 9.17) is 0 Å². The molecular formula is C18H21N3. The molecule has 21 heavy (non-hydrogen) atoms. The summed E-state index contributed by atoms with van der Waals surface area (Å²) in [6, 6.07) is 17.0. The van der Waals surface area contributed by atoms with Crippen molar-refractivity contribution in [2.75, 3.05) is 6.54 Å². The molecule has 0 amide bonds. The molecule has 1 aromatic heterocycles. The highest BCUT2D eigenvalue weighted by molar-refractivity contribution is 5.74. The first-order valence-electron chi connectivity index (χ1n) is 7.57. The van der Waals surface area contributed by atoms with E-state index >= 15 is 0 Å². The third-order valence-corrected chi connectivity index (χ3v) is 3.74. The molecule has 3 rings (SSSR count). The number of benzene rings is 2. The van der Waals surface area contributed by atoms with E-state index in [0.29, 0.717) is 0 Å². The van der Waals surface area contributed by atoms with Crippen LogP contribution in [0.15, 0.2) is 48.5 Å². The molecule has 0 radical (unpaired) electrons. The van der Waals surface area contributed by atoms with Crippen LogP contribution < -0.4 is 5.32 Å². The van der Waals surface area contributed by atoms with Gasteiger partial charge in [-0.05, 0) is 29.7 Å². The van der Waals surface area contributed by atoms with Crippen molar-refractivity contribution in [2.45, 2.75) is 26.3 Å². The van der Waals surface area contributed by atoms with Crippen molar-refractivity contribution in [3.05, 3.63) is 65.5 Å². The highest BCUT2D eigenvalue weighted by atomic mass is 14.9. The van der Waals surface area contributed by atoms with Gasteiger partial charge in [0.2, 0.25) is 0 Å². The number of imidazole rings is 1. The number of rotatable bonds is 6. The summed E-state index contributed by atoms with van der Waals surface area (Å²) < 4.78 is 0. The summed E-state index contributed by atoms with van der Waals surface area (Å²) in [5, 5.41) is 3.47. The van der Waals surface area contributed by atoms with Crippen LogP contribution in [0, 0.1) is 0 Å². The van der Waals surface area contributed by atoms with Gasteiger partial charge in [-0.2, -0.15) is 0 Å². The second kappa shape index (κ2) is 6.55. The summed E-state index contributed by atoms with van der Waals surface area (Å²) >= 11 is 0. The lowest BCUT2D eigenvalue weighted by Gasteiger charge is -2.04. The summed E-state index contributed by atoms with van der Waals surface area (Å²) in [6.07, 6.45) is 2.02. The zero-order valence-corrected chi connectivity index (χ0v) is 12.4. The molecule has 1 heterocycles. The Balaban J connectivity index is 1.49. The largest absolute Gasteiger partial charge is 0.342 e. The van der Waals surface area contributed by atoms with Gasteiger partial charge in [-0.3, -0.25) is 0 Å². The van der Waals surface area contributed by atoms with E-state index in [0.717, 1.165) is 42.8 Å². The Morgan fingerprint density at radius 3 is 2.52 bits per heavy atom. The number of nitrogens with zero attached hydrogens (tertiary/aromatic N) is 1. The van der Waals surface area contributed by atoms with E-state index in [2.05, 4.69) is 52.5 Å². The Kier molecular flexibility index (Phi) is 4.31. The van der Waals surface area contributed by atoms with Crippen LogP contribution in [0.25, 0.3) is 11.0 Å². The van der Waals surface area contributed by atoms with Gasteiger partial charge in [-0.1, -0.05) is 43.3 Å². The van der Waals surface area contributed by atoms with Gasteiger partial charge in [0.15, 0.2) is 0 Å². The van der Waals surface area contributed by atoms with Gasteiger partial charge in [0, 0.05) is 19.5 Å². The lowest BCUT2D eigenvalue weighted by molar-refractivity contribution is 0.674. The topological polar surface area (TPSA) is 40.7 Å². The minimum Gasteiger partial charge on any atom is -0.342 e. The lowest BCUT2D eigenvalue weighted by Crippen LogP contribution is -2.17. The quantitative estimate of drug-likeness (QED) is 0.678. The van der Waals surface area contributed by atoms with Crippen LogP contribution in [0.1, 0.15) is 23.9 Å². The predicted octanol–water partition coefficient (Wildman–Crippen LogP) is 3.46. The number of para-hydroxylation sites is 2. The second-order valence-corrected chi connectivity index (χ2v) is 5.30. The first-order valence-corrected chi connectivity index (χ1v) is 7.57. The van der Waals surface area contributed by atoms with Crippen molar-refractivity contribution in [1.82, 2.24) is 15.3 Å². The number of aryl methyl sites for hydroxylation is 1. The van der Waals surface area contributed by atoms with Crippen LogP contribution in [-0.4, -0.2) is 16.5 Å². The van der Waals surface area contributed by atoms with Crippen molar-refractivity contribution >= 4 is 11.0 Å². The third-order valence-electron chi connectivity index (χ3n) is 3.74. The molecule has 0 atom stereocenters. The Bertz CT molecular complexity index is 665. The minimum atomic E-state index is 0.907. The Morgan fingerprint density at radius 2 is 1.76 bits per heavy atom. The molecule has 3 heteroatoms. The molecule has 0 aliphatic heterocycles. The van der Waals surface area contributed by atoms with Crippen molar-refractivity contribution in [1.29, 1.82) is 0 Å². The molecule has 108 valence electrons. The normalized spacial score (nSPS) is 11.1. The van der Waals surface area contributed by atoms with Crippen LogP contribution in [0.4, 0.5) is 0 Å². The lowest BCUT2D eigenvalue weighted by atomic mass is 10.1. The number of H-pyrrole nitrogens is 1. The van der Waals surface area contributed by atoms with Crippen molar-refractivity contribution < 1.29 is 0 Å². The van der Waals surface area contributed by atoms with Crippen LogP contribution in [0.3, 0.4) is 0 Å². The summed E-state index contributed by atoms with van der Waals surface area (Å²) in [5.41, 5.74) is 4.88. The number of fused-ring (bicyclic) bond motifs is 1. The van der Waals surface area contributed by atoms with E-state index in [1.165, 1.54) is 11.1 Å². The maximum Gasteiger partial charge on any atom is 0.108 e. The number of hydrogen-bond acceptors (Lipinski definition) is 2. The van der Waals surface area contributed by atoms with Gasteiger partial charge >= 0.3 is 0 Å². The Morgan fingerprint density at radius 1 is 1.00 bits per heavy atom. The molecule has 0 aliphatic carbocycles. The van der Waals surface area contributed by atoms with E-state index in [1.807, 2.05) is 18.2 Å². The molecule has 0 saturated heterocycles. The molecule has 0 unspecified atom stereocenters. The fraction of sp³-hybridized carbons (Fsp3) is 0.278. The van der Waals surface area contributed by atoms with Crippen LogP contribution in [0.5, 0.6) is 0 Å². The zero-order chi connectivity index (χ0) is 14.5. The molecule has 2 N–H and O–H groups in total. The number of aromatic nitrogens is 2. The summed E-state index contributed by atoms with van der Waals surface area (Å²) in [5.74, 6) is 1.05. The summed E-state index contributed by atoms with van der Waals surface area (Å²) in [6.45, 7) is 4.01. The molecule has 0 fully saturated rings. The van der Waals surface area contributed by atoms with Gasteiger partial charge in [-0.15, -0.1) is 0 Å². The average Bonchev–Trinajstić information content (AvgIpc) is 2.95. The molecule has 0 spiro atoms. The number of aromatic amines is 1. The highest BCUT2D eigenvalue weighted by Gasteiger charge is 2.01. The number of hydrogen-bond donors (Lipinski definition) is 2. The standard InChI is InChI=1S/C18H21N3/c1-2-14-7-9-15(10-8-14)13-19-12-11-18-20-16-5-3-4-6-17(16)21-18/h3-10,19H,2,11-13H2,1H3,(H,20,21).